The number of amides is 1. The van der Waals surface area contributed by atoms with Crippen LogP contribution in [0.1, 0.15) is 23.1 Å². The van der Waals surface area contributed by atoms with Gasteiger partial charge in [0.2, 0.25) is 0 Å². The van der Waals surface area contributed by atoms with Gasteiger partial charge in [-0.25, -0.2) is 4.39 Å². The lowest BCUT2D eigenvalue weighted by atomic mass is 10.0. The number of methoxy groups -OCH3 is 2. The average Bonchev–Trinajstić information content (AvgIpc) is 3.08. The number of anilines is 1. The number of esters is 1. The van der Waals surface area contributed by atoms with Crippen LogP contribution in [0.15, 0.2) is 48.2 Å². The van der Waals surface area contributed by atoms with Crippen molar-refractivity contribution in [2.45, 2.75) is 12.8 Å². The second kappa shape index (κ2) is 10.1. The largest absolute Gasteiger partial charge is 0.498 e. The predicted molar refractivity (Wildman–Crippen MR) is 118 cm³/mol. The van der Waals surface area contributed by atoms with Gasteiger partial charge >= 0.3 is 5.97 Å². The van der Waals surface area contributed by atoms with Crippen LogP contribution >= 0.6 is 12.4 Å². The average molecular weight is 448 g/mol. The molecule has 1 aliphatic heterocycles. The lowest BCUT2D eigenvalue weighted by Gasteiger charge is -2.18. The van der Waals surface area contributed by atoms with Gasteiger partial charge in [-0.2, -0.15) is 0 Å². The van der Waals surface area contributed by atoms with Gasteiger partial charge in [-0.1, -0.05) is 24.3 Å². The van der Waals surface area contributed by atoms with E-state index in [1.165, 1.54) is 31.3 Å². The molecular weight excluding hydrogens is 425 g/mol. The molecule has 7 nitrogen and oxygen atoms in total. The number of benzene rings is 2. The maximum absolute atomic E-state index is 14.6. The van der Waals surface area contributed by atoms with Crippen molar-refractivity contribution in [3.05, 3.63) is 70.7 Å². The van der Waals surface area contributed by atoms with Gasteiger partial charge in [-0.3, -0.25) is 19.9 Å². The molecule has 9 heteroatoms. The molecule has 2 aromatic rings. The number of nitrogens with zero attached hydrogens (tertiary/aromatic N) is 1. The minimum Gasteiger partial charge on any atom is -0.498 e. The van der Waals surface area contributed by atoms with Gasteiger partial charge in [0.1, 0.15) is 17.4 Å². The highest BCUT2D eigenvalue weighted by molar-refractivity contribution is 6.29. The number of ether oxygens (including phenoxy) is 2. The van der Waals surface area contributed by atoms with E-state index in [4.69, 9.17) is 15.9 Å². The first kappa shape index (κ1) is 23.9. The maximum atomic E-state index is 14.6. The molecule has 1 amide bonds. The Labute approximate surface area is 185 Å². The Hall–Kier alpha value is -3.39. The number of rotatable bonds is 7. The van der Waals surface area contributed by atoms with Crippen molar-refractivity contribution < 1.29 is 23.5 Å². The quantitative estimate of drug-likeness (QED) is 0.385. The maximum Gasteiger partial charge on any atom is 0.305 e. The highest BCUT2D eigenvalue weighted by Gasteiger charge is 2.34. The van der Waals surface area contributed by atoms with Gasteiger partial charge in [0.15, 0.2) is 0 Å². The second-order valence-electron chi connectivity index (χ2n) is 6.75. The summed E-state index contributed by atoms with van der Waals surface area (Å²) < 4.78 is 24.6. The number of halogens is 2. The SMILES string of the molecule is COC(=O)CCc1ccc(C2=C(OC)CN(c3ccc(C(=N)N)cc3F)C2=O)cc1.Cl. The molecular formula is C22H23ClFN3O4. The Kier molecular flexibility index (Phi) is 7.77. The number of hydrogen-bond acceptors (Lipinski definition) is 5. The summed E-state index contributed by atoms with van der Waals surface area (Å²) in [5, 5.41) is 7.42. The molecule has 0 aliphatic carbocycles. The number of aryl methyl sites for hydroxylation is 1. The monoisotopic (exact) mass is 447 g/mol. The molecule has 0 spiro atoms. The number of amidine groups is 1. The molecule has 0 fully saturated rings. The third-order valence-corrected chi connectivity index (χ3v) is 4.92. The van der Waals surface area contributed by atoms with Gasteiger partial charge in [0.25, 0.3) is 5.91 Å². The van der Waals surface area contributed by atoms with E-state index in [-0.39, 0.29) is 54.3 Å². The fraction of sp³-hybridized carbons (Fsp3) is 0.227. The van der Waals surface area contributed by atoms with Crippen molar-refractivity contribution in [2.75, 3.05) is 25.7 Å². The molecule has 3 rings (SSSR count). The van der Waals surface area contributed by atoms with E-state index < -0.39 is 5.82 Å². The van der Waals surface area contributed by atoms with Crippen LogP contribution in [0.25, 0.3) is 5.57 Å². The molecule has 31 heavy (non-hydrogen) atoms. The first-order valence-corrected chi connectivity index (χ1v) is 9.24. The van der Waals surface area contributed by atoms with Crippen LogP contribution in [0.4, 0.5) is 10.1 Å². The lowest BCUT2D eigenvalue weighted by Crippen LogP contribution is -2.28. The predicted octanol–water partition coefficient (Wildman–Crippen LogP) is 3.04. The van der Waals surface area contributed by atoms with E-state index in [2.05, 4.69) is 4.74 Å². The summed E-state index contributed by atoms with van der Waals surface area (Å²) in [6.07, 6.45) is 0.793. The molecule has 0 radical (unpaired) electrons. The Morgan fingerprint density at radius 2 is 1.87 bits per heavy atom. The van der Waals surface area contributed by atoms with Gasteiger partial charge in [-0.15, -0.1) is 12.4 Å². The summed E-state index contributed by atoms with van der Waals surface area (Å²) in [6.45, 7) is 0.0884. The number of nitrogens with one attached hydrogen (secondary N) is 1. The molecule has 1 aliphatic rings. The van der Waals surface area contributed by atoms with E-state index in [9.17, 15) is 14.0 Å². The van der Waals surface area contributed by atoms with Crippen molar-refractivity contribution >= 4 is 41.4 Å². The third-order valence-electron chi connectivity index (χ3n) is 4.92. The summed E-state index contributed by atoms with van der Waals surface area (Å²) >= 11 is 0. The molecule has 0 aromatic heterocycles. The Morgan fingerprint density at radius 1 is 1.19 bits per heavy atom. The topological polar surface area (TPSA) is 106 Å². The summed E-state index contributed by atoms with van der Waals surface area (Å²) in [5.41, 5.74) is 7.65. The van der Waals surface area contributed by atoms with Gasteiger partial charge in [0, 0.05) is 12.0 Å². The summed E-state index contributed by atoms with van der Waals surface area (Å²) in [7, 11) is 2.81. The zero-order chi connectivity index (χ0) is 21.8. The number of hydrogen-bond donors (Lipinski definition) is 2. The fourth-order valence-corrected chi connectivity index (χ4v) is 3.27. The van der Waals surface area contributed by atoms with Crippen LogP contribution in [0.2, 0.25) is 0 Å². The molecule has 0 saturated heterocycles. The van der Waals surface area contributed by atoms with Gasteiger partial charge in [-0.05, 0) is 35.7 Å². The standard InChI is InChI=1S/C22H22FN3O4.ClH/c1-29-18-12-26(17-9-8-15(21(24)25)11-16(17)23)22(28)20(18)14-6-3-13(4-7-14)5-10-19(27)30-2;/h3-4,6-9,11H,5,10,12H2,1-2H3,(H3,24,25);1H. The van der Waals surface area contributed by atoms with E-state index in [1.807, 2.05) is 12.1 Å². The van der Waals surface area contributed by atoms with E-state index in [0.717, 1.165) is 11.6 Å². The summed E-state index contributed by atoms with van der Waals surface area (Å²) in [6, 6.07) is 11.3. The Bertz CT molecular complexity index is 1040. The van der Waals surface area contributed by atoms with Crippen LogP contribution in [0.3, 0.4) is 0 Å². The highest BCUT2D eigenvalue weighted by Crippen LogP contribution is 2.34. The van der Waals surface area contributed by atoms with Crippen LogP contribution < -0.4 is 10.6 Å². The summed E-state index contributed by atoms with van der Waals surface area (Å²) in [4.78, 5) is 25.7. The molecule has 3 N–H and O–H groups in total. The van der Waals surface area contributed by atoms with Crippen LogP contribution in [-0.2, 0) is 25.5 Å². The van der Waals surface area contributed by atoms with Gasteiger partial charge in [0.05, 0.1) is 32.0 Å². The Balaban J connectivity index is 0.00000341. The molecule has 0 unspecified atom stereocenters. The molecule has 2 aromatic carbocycles. The molecule has 0 saturated carbocycles. The zero-order valence-corrected chi connectivity index (χ0v) is 17.9. The van der Waals surface area contributed by atoms with Crippen molar-refractivity contribution in [1.82, 2.24) is 0 Å². The highest BCUT2D eigenvalue weighted by atomic mass is 35.5. The second-order valence-corrected chi connectivity index (χ2v) is 6.75. The smallest absolute Gasteiger partial charge is 0.305 e. The van der Waals surface area contributed by atoms with Gasteiger partial charge < -0.3 is 15.2 Å². The molecule has 0 atom stereocenters. The van der Waals surface area contributed by atoms with Crippen LogP contribution in [0.5, 0.6) is 0 Å². The minimum atomic E-state index is -0.647. The summed E-state index contributed by atoms with van der Waals surface area (Å²) in [5.74, 6) is -1.15. The molecule has 1 heterocycles. The van der Waals surface area contributed by atoms with E-state index in [1.54, 1.807) is 12.1 Å². The van der Waals surface area contributed by atoms with Crippen molar-refractivity contribution in [3.63, 3.8) is 0 Å². The number of carbonyl (C=O) groups excluding carboxylic acids is 2. The van der Waals surface area contributed by atoms with E-state index in [0.29, 0.717) is 23.3 Å². The van der Waals surface area contributed by atoms with Crippen molar-refractivity contribution in [1.29, 1.82) is 5.41 Å². The fourth-order valence-electron chi connectivity index (χ4n) is 3.27. The minimum absolute atomic E-state index is 0. The number of nitrogen functional groups attached to an aromatic ring is 1. The zero-order valence-electron chi connectivity index (χ0n) is 17.1. The van der Waals surface area contributed by atoms with Crippen molar-refractivity contribution in [2.24, 2.45) is 5.73 Å². The third kappa shape index (κ3) is 5.03. The number of carbonyl (C=O) groups is 2. The van der Waals surface area contributed by atoms with Crippen molar-refractivity contribution in [3.8, 4) is 0 Å². The van der Waals surface area contributed by atoms with Crippen LogP contribution in [0, 0.1) is 11.2 Å². The normalized spacial score (nSPS) is 13.1. The molecule has 0 bridgehead atoms. The van der Waals surface area contributed by atoms with Crippen LogP contribution in [-0.4, -0.2) is 38.5 Å². The molecule has 164 valence electrons. The first-order valence-electron chi connectivity index (χ1n) is 9.24. The number of nitrogens with two attached hydrogens (primary N) is 1. The first-order chi connectivity index (χ1) is 14.3. The van der Waals surface area contributed by atoms with E-state index >= 15 is 0 Å². The lowest BCUT2D eigenvalue weighted by molar-refractivity contribution is -0.140. The Morgan fingerprint density at radius 3 is 2.42 bits per heavy atom.